The maximum atomic E-state index is 9.59. The summed E-state index contributed by atoms with van der Waals surface area (Å²) < 4.78 is 15.9. The van der Waals surface area contributed by atoms with E-state index in [4.69, 9.17) is 19.9 Å². The average molecular weight is 361 g/mol. The van der Waals surface area contributed by atoms with Crippen LogP contribution in [0.15, 0.2) is 48.5 Å². The fraction of sp³-hybridized carbons (Fsp3) is 0.143. The van der Waals surface area contributed by atoms with Gasteiger partial charge in [0, 0.05) is 11.1 Å². The van der Waals surface area contributed by atoms with E-state index in [1.807, 2.05) is 42.5 Å². The molecule has 6 heteroatoms. The monoisotopic (exact) mass is 361 g/mol. The normalized spacial score (nSPS) is 10.1. The molecule has 3 aromatic rings. The summed E-state index contributed by atoms with van der Waals surface area (Å²) in [6.07, 6.45) is 0. The summed E-state index contributed by atoms with van der Waals surface area (Å²) in [5.74, 6) is 2.06. The Hall–Kier alpha value is -3.72. The molecule has 0 spiro atoms. The molecule has 136 valence electrons. The van der Waals surface area contributed by atoms with Gasteiger partial charge in [0.1, 0.15) is 23.2 Å². The number of rotatable bonds is 5. The van der Waals surface area contributed by atoms with E-state index < -0.39 is 0 Å². The van der Waals surface area contributed by atoms with Crippen molar-refractivity contribution in [3.05, 3.63) is 54.1 Å². The highest BCUT2D eigenvalue weighted by Crippen LogP contribution is 2.36. The van der Waals surface area contributed by atoms with Crippen molar-refractivity contribution < 1.29 is 14.2 Å². The molecule has 0 atom stereocenters. The van der Waals surface area contributed by atoms with Crippen LogP contribution in [0.1, 0.15) is 5.56 Å². The van der Waals surface area contributed by atoms with Gasteiger partial charge in [-0.2, -0.15) is 5.26 Å². The number of ether oxygens (including phenoxy) is 3. The van der Waals surface area contributed by atoms with Gasteiger partial charge in [-0.15, -0.1) is 0 Å². The van der Waals surface area contributed by atoms with Crippen molar-refractivity contribution in [3.8, 4) is 45.7 Å². The molecule has 0 amide bonds. The van der Waals surface area contributed by atoms with Crippen LogP contribution in [0.3, 0.4) is 0 Å². The lowest BCUT2D eigenvalue weighted by Gasteiger charge is -2.13. The fourth-order valence-electron chi connectivity index (χ4n) is 2.84. The summed E-state index contributed by atoms with van der Waals surface area (Å²) in [6.45, 7) is 0. The van der Waals surface area contributed by atoms with Crippen LogP contribution in [0, 0.1) is 11.3 Å². The minimum absolute atomic E-state index is 0.169. The van der Waals surface area contributed by atoms with E-state index in [9.17, 15) is 5.26 Å². The largest absolute Gasteiger partial charge is 0.497 e. The smallest absolute Gasteiger partial charge is 0.161 e. The minimum Gasteiger partial charge on any atom is -0.497 e. The van der Waals surface area contributed by atoms with Crippen molar-refractivity contribution in [2.24, 2.45) is 0 Å². The van der Waals surface area contributed by atoms with Crippen LogP contribution < -0.4 is 19.9 Å². The number of methoxy groups -OCH3 is 3. The maximum Gasteiger partial charge on any atom is 0.161 e. The van der Waals surface area contributed by atoms with E-state index in [1.165, 1.54) is 0 Å². The Morgan fingerprint density at radius 3 is 2.33 bits per heavy atom. The summed E-state index contributed by atoms with van der Waals surface area (Å²) in [7, 11) is 4.74. The van der Waals surface area contributed by atoms with Crippen LogP contribution in [0.2, 0.25) is 0 Å². The fourth-order valence-corrected chi connectivity index (χ4v) is 2.84. The Labute approximate surface area is 157 Å². The third-order valence-electron chi connectivity index (χ3n) is 4.22. The molecule has 0 bridgehead atoms. The van der Waals surface area contributed by atoms with Gasteiger partial charge >= 0.3 is 0 Å². The van der Waals surface area contributed by atoms with Gasteiger partial charge < -0.3 is 19.9 Å². The summed E-state index contributed by atoms with van der Waals surface area (Å²) >= 11 is 0. The Balaban J connectivity index is 2.20. The number of nitrogens with zero attached hydrogens (tertiary/aromatic N) is 2. The Kier molecular flexibility index (Phi) is 5.13. The predicted octanol–water partition coefficient (Wildman–Crippen LogP) is 3.90. The van der Waals surface area contributed by atoms with Gasteiger partial charge in [-0.05, 0) is 35.9 Å². The van der Waals surface area contributed by atoms with Crippen LogP contribution in [0.5, 0.6) is 17.2 Å². The number of hydrogen-bond acceptors (Lipinski definition) is 6. The number of hydrogen-bond donors (Lipinski definition) is 1. The number of anilines is 1. The van der Waals surface area contributed by atoms with Crippen molar-refractivity contribution >= 4 is 5.82 Å². The van der Waals surface area contributed by atoms with Gasteiger partial charge in [0.25, 0.3) is 0 Å². The van der Waals surface area contributed by atoms with Gasteiger partial charge in [-0.3, -0.25) is 0 Å². The first-order valence-corrected chi connectivity index (χ1v) is 8.18. The molecule has 1 aromatic heterocycles. The second-order valence-corrected chi connectivity index (χ2v) is 5.73. The lowest BCUT2D eigenvalue weighted by atomic mass is 9.98. The van der Waals surface area contributed by atoms with Gasteiger partial charge in [0.2, 0.25) is 0 Å². The first-order chi connectivity index (χ1) is 13.1. The quantitative estimate of drug-likeness (QED) is 0.741. The summed E-state index contributed by atoms with van der Waals surface area (Å²) in [4.78, 5) is 4.40. The van der Waals surface area contributed by atoms with Crippen molar-refractivity contribution in [2.75, 3.05) is 27.1 Å². The minimum atomic E-state index is 0.169. The summed E-state index contributed by atoms with van der Waals surface area (Å²) in [6, 6.07) is 16.9. The lowest BCUT2D eigenvalue weighted by molar-refractivity contribution is 0.355. The number of nitrogen functional groups attached to an aromatic ring is 1. The molecule has 0 aliphatic heterocycles. The third-order valence-corrected chi connectivity index (χ3v) is 4.22. The van der Waals surface area contributed by atoms with Crippen molar-refractivity contribution in [1.82, 2.24) is 4.98 Å². The molecular weight excluding hydrogens is 342 g/mol. The predicted molar refractivity (Wildman–Crippen MR) is 104 cm³/mol. The Morgan fingerprint density at radius 1 is 0.889 bits per heavy atom. The molecule has 0 unspecified atom stereocenters. The number of benzene rings is 2. The molecule has 1 heterocycles. The topological polar surface area (TPSA) is 90.4 Å². The highest BCUT2D eigenvalue weighted by molar-refractivity contribution is 5.81. The number of nitriles is 1. The van der Waals surface area contributed by atoms with E-state index in [0.717, 1.165) is 11.1 Å². The zero-order valence-corrected chi connectivity index (χ0v) is 15.3. The zero-order valence-electron chi connectivity index (χ0n) is 15.3. The molecule has 3 rings (SSSR count). The summed E-state index contributed by atoms with van der Waals surface area (Å²) in [5.41, 5.74) is 9.34. The third kappa shape index (κ3) is 3.48. The van der Waals surface area contributed by atoms with Gasteiger partial charge in [0.05, 0.1) is 27.0 Å². The number of pyridine rings is 1. The second-order valence-electron chi connectivity index (χ2n) is 5.73. The highest BCUT2D eigenvalue weighted by Gasteiger charge is 2.15. The van der Waals surface area contributed by atoms with Gasteiger partial charge in [-0.25, -0.2) is 4.98 Å². The molecule has 2 N–H and O–H groups in total. The molecule has 0 radical (unpaired) electrons. The second kappa shape index (κ2) is 7.67. The van der Waals surface area contributed by atoms with E-state index >= 15 is 0 Å². The molecule has 27 heavy (non-hydrogen) atoms. The van der Waals surface area contributed by atoms with Crippen LogP contribution in [0.25, 0.3) is 22.4 Å². The highest BCUT2D eigenvalue weighted by atomic mass is 16.5. The molecule has 2 aromatic carbocycles. The SMILES string of the molecule is COc1cccc(-c2cc(-c3ccc(OC)c(OC)c3)c(C#N)c(N)n2)c1. The van der Waals surface area contributed by atoms with Crippen molar-refractivity contribution in [1.29, 1.82) is 5.26 Å². The average Bonchev–Trinajstić information content (AvgIpc) is 2.72. The molecule has 0 aliphatic rings. The molecule has 0 aliphatic carbocycles. The molecule has 0 saturated heterocycles. The standard InChI is InChI=1S/C21H19N3O3/c1-25-15-6-4-5-14(9-15)18-11-16(17(12-22)21(23)24-18)13-7-8-19(26-2)20(10-13)27-3/h4-11H,1-3H3,(H2,23,24). The van der Waals surface area contributed by atoms with Crippen molar-refractivity contribution in [2.45, 2.75) is 0 Å². The molecule has 0 fully saturated rings. The van der Waals surface area contributed by atoms with E-state index in [2.05, 4.69) is 11.1 Å². The molecule has 6 nitrogen and oxygen atoms in total. The molecular formula is C21H19N3O3. The van der Waals surface area contributed by atoms with E-state index in [-0.39, 0.29) is 5.82 Å². The lowest BCUT2D eigenvalue weighted by Crippen LogP contribution is -2.00. The Bertz CT molecular complexity index is 1030. The maximum absolute atomic E-state index is 9.59. The van der Waals surface area contributed by atoms with Crippen LogP contribution >= 0.6 is 0 Å². The van der Waals surface area contributed by atoms with E-state index in [1.54, 1.807) is 27.4 Å². The van der Waals surface area contributed by atoms with Crippen LogP contribution in [0.4, 0.5) is 5.82 Å². The first kappa shape index (κ1) is 18.1. The first-order valence-electron chi connectivity index (χ1n) is 8.18. The number of nitrogens with two attached hydrogens (primary N) is 1. The summed E-state index contributed by atoms with van der Waals surface area (Å²) in [5, 5.41) is 9.59. The van der Waals surface area contributed by atoms with Gasteiger partial charge in [-0.1, -0.05) is 18.2 Å². The Morgan fingerprint density at radius 2 is 1.67 bits per heavy atom. The van der Waals surface area contributed by atoms with E-state index in [0.29, 0.717) is 34.1 Å². The molecule has 0 saturated carbocycles. The zero-order chi connectivity index (χ0) is 19.4. The van der Waals surface area contributed by atoms with Gasteiger partial charge in [0.15, 0.2) is 11.5 Å². The van der Waals surface area contributed by atoms with Crippen molar-refractivity contribution in [3.63, 3.8) is 0 Å². The number of aromatic nitrogens is 1. The van der Waals surface area contributed by atoms with Crippen LogP contribution in [-0.2, 0) is 0 Å². The van der Waals surface area contributed by atoms with Crippen LogP contribution in [-0.4, -0.2) is 26.3 Å².